The molecule has 1 nitrogen and oxygen atoms in total. The zero-order chi connectivity index (χ0) is 11.3. The monoisotopic (exact) mass is 202 g/mol. The molecule has 0 amide bonds. The van der Waals surface area contributed by atoms with Gasteiger partial charge in [0.1, 0.15) is 0 Å². The second-order valence-electron chi connectivity index (χ2n) is 3.84. The highest BCUT2D eigenvalue weighted by atomic mass is 16.3. The van der Waals surface area contributed by atoms with Crippen molar-refractivity contribution in [3.63, 3.8) is 0 Å². The highest BCUT2D eigenvalue weighted by Gasteiger charge is 2.12. The average molecular weight is 202 g/mol. The van der Waals surface area contributed by atoms with E-state index in [-0.39, 0.29) is 5.92 Å². The molecule has 0 aliphatic carbocycles. The van der Waals surface area contributed by atoms with Crippen LogP contribution in [0.25, 0.3) is 6.08 Å². The second-order valence-corrected chi connectivity index (χ2v) is 3.84. The van der Waals surface area contributed by atoms with Crippen LogP contribution in [0.1, 0.15) is 19.4 Å². The van der Waals surface area contributed by atoms with Crippen LogP contribution in [-0.2, 0) is 0 Å². The molecule has 1 N–H and O–H groups in total. The summed E-state index contributed by atoms with van der Waals surface area (Å²) in [5.41, 5.74) is 2.08. The number of hydrogen-bond acceptors (Lipinski definition) is 1. The first-order valence-corrected chi connectivity index (χ1v) is 5.19. The van der Waals surface area contributed by atoms with Crippen molar-refractivity contribution in [3.8, 4) is 0 Å². The summed E-state index contributed by atoms with van der Waals surface area (Å²) in [5, 5.41) is 9.91. The quantitative estimate of drug-likeness (QED) is 0.743. The van der Waals surface area contributed by atoms with Crippen LogP contribution in [0.2, 0.25) is 0 Å². The molecule has 0 fully saturated rings. The van der Waals surface area contributed by atoms with Crippen LogP contribution in [0.3, 0.4) is 0 Å². The molecule has 0 bridgehead atoms. The molecule has 0 heterocycles. The molecule has 15 heavy (non-hydrogen) atoms. The van der Waals surface area contributed by atoms with Gasteiger partial charge in [-0.25, -0.2) is 0 Å². The van der Waals surface area contributed by atoms with Gasteiger partial charge in [0.05, 0.1) is 6.10 Å². The lowest BCUT2D eigenvalue weighted by atomic mass is 9.97. The van der Waals surface area contributed by atoms with E-state index in [1.165, 1.54) is 0 Å². The molecule has 0 aliphatic rings. The molecule has 1 heteroatoms. The molecular formula is C14H18O. The number of benzene rings is 1. The van der Waals surface area contributed by atoms with Crippen LogP contribution in [0.15, 0.2) is 48.6 Å². The molecular weight excluding hydrogens is 184 g/mol. The van der Waals surface area contributed by atoms with Crippen molar-refractivity contribution >= 4 is 6.08 Å². The van der Waals surface area contributed by atoms with Gasteiger partial charge in [0, 0.05) is 5.92 Å². The Bertz CT molecular complexity index is 338. The van der Waals surface area contributed by atoms with Crippen molar-refractivity contribution in [2.45, 2.75) is 20.0 Å². The van der Waals surface area contributed by atoms with Gasteiger partial charge < -0.3 is 5.11 Å². The maximum atomic E-state index is 9.91. The van der Waals surface area contributed by atoms with Crippen LogP contribution in [-0.4, -0.2) is 11.2 Å². The molecule has 2 atom stereocenters. The first-order chi connectivity index (χ1) is 7.15. The second kappa shape index (κ2) is 5.52. The summed E-state index contributed by atoms with van der Waals surface area (Å²) < 4.78 is 0. The van der Waals surface area contributed by atoms with Gasteiger partial charge in [-0.1, -0.05) is 49.4 Å². The number of rotatable bonds is 4. The maximum Gasteiger partial charge on any atom is 0.0810 e. The third kappa shape index (κ3) is 3.37. The molecule has 1 rings (SSSR count). The fourth-order valence-corrected chi connectivity index (χ4v) is 1.44. The topological polar surface area (TPSA) is 20.2 Å². The van der Waals surface area contributed by atoms with Crippen LogP contribution < -0.4 is 0 Å². The van der Waals surface area contributed by atoms with Crippen LogP contribution >= 0.6 is 0 Å². The van der Waals surface area contributed by atoms with Crippen molar-refractivity contribution in [1.82, 2.24) is 0 Å². The van der Waals surface area contributed by atoms with Gasteiger partial charge in [-0.2, -0.15) is 0 Å². The van der Waals surface area contributed by atoms with Crippen LogP contribution in [0.5, 0.6) is 0 Å². The van der Waals surface area contributed by atoms with E-state index in [4.69, 9.17) is 0 Å². The first kappa shape index (κ1) is 11.7. The Labute approximate surface area is 91.8 Å². The SMILES string of the molecule is C=C[C@@H](C)[C@@H](O)/C(C)=C/c1ccccc1. The first-order valence-electron chi connectivity index (χ1n) is 5.19. The molecule has 0 saturated heterocycles. The standard InChI is InChI=1S/C14H18O/c1-4-11(2)14(15)12(3)10-13-8-6-5-7-9-13/h4-11,14-15H,1H2,2-3H3/b12-10+/t11-,14-/m1/s1. The predicted octanol–water partition coefficient (Wildman–Crippen LogP) is 3.27. The van der Waals surface area contributed by atoms with E-state index in [2.05, 4.69) is 6.58 Å². The summed E-state index contributed by atoms with van der Waals surface area (Å²) in [6, 6.07) is 10.0. The highest BCUT2D eigenvalue weighted by Crippen LogP contribution is 2.16. The Morgan fingerprint density at radius 3 is 2.47 bits per heavy atom. The lowest BCUT2D eigenvalue weighted by Crippen LogP contribution is -2.16. The Hall–Kier alpha value is -1.34. The molecule has 1 aromatic rings. The molecule has 0 saturated carbocycles. The fourth-order valence-electron chi connectivity index (χ4n) is 1.44. The minimum absolute atomic E-state index is 0.0879. The average Bonchev–Trinajstić information content (AvgIpc) is 2.28. The van der Waals surface area contributed by atoms with E-state index < -0.39 is 6.10 Å². The lowest BCUT2D eigenvalue weighted by molar-refractivity contribution is 0.174. The van der Waals surface area contributed by atoms with Gasteiger partial charge in [-0.05, 0) is 18.1 Å². The van der Waals surface area contributed by atoms with Gasteiger partial charge in [0.25, 0.3) is 0 Å². The van der Waals surface area contributed by atoms with E-state index >= 15 is 0 Å². The fraction of sp³-hybridized carbons (Fsp3) is 0.286. The van der Waals surface area contributed by atoms with Gasteiger partial charge in [-0.15, -0.1) is 6.58 Å². The minimum Gasteiger partial charge on any atom is -0.388 e. The Kier molecular flexibility index (Phi) is 4.32. The summed E-state index contributed by atoms with van der Waals surface area (Å²) in [6.07, 6.45) is 3.33. The summed E-state index contributed by atoms with van der Waals surface area (Å²) in [7, 11) is 0. The Morgan fingerprint density at radius 1 is 1.33 bits per heavy atom. The van der Waals surface area contributed by atoms with Crippen molar-refractivity contribution in [3.05, 3.63) is 54.1 Å². The van der Waals surface area contributed by atoms with E-state index in [1.54, 1.807) is 6.08 Å². The van der Waals surface area contributed by atoms with Crippen molar-refractivity contribution in [2.75, 3.05) is 0 Å². The van der Waals surface area contributed by atoms with Crippen LogP contribution in [0.4, 0.5) is 0 Å². The highest BCUT2D eigenvalue weighted by molar-refractivity contribution is 5.53. The Morgan fingerprint density at radius 2 is 1.93 bits per heavy atom. The molecule has 0 spiro atoms. The zero-order valence-electron chi connectivity index (χ0n) is 9.35. The van der Waals surface area contributed by atoms with Gasteiger partial charge in [0.2, 0.25) is 0 Å². The number of hydrogen-bond donors (Lipinski definition) is 1. The van der Waals surface area contributed by atoms with Crippen molar-refractivity contribution in [1.29, 1.82) is 0 Å². The lowest BCUT2D eigenvalue weighted by Gasteiger charge is -2.15. The van der Waals surface area contributed by atoms with Crippen LogP contribution in [0, 0.1) is 5.92 Å². The molecule has 0 radical (unpaired) electrons. The molecule has 80 valence electrons. The van der Waals surface area contributed by atoms with E-state index in [0.717, 1.165) is 11.1 Å². The van der Waals surface area contributed by atoms with Crippen molar-refractivity contribution in [2.24, 2.45) is 5.92 Å². The maximum absolute atomic E-state index is 9.91. The minimum atomic E-state index is -0.442. The normalized spacial score (nSPS) is 15.8. The summed E-state index contributed by atoms with van der Waals surface area (Å²) >= 11 is 0. The zero-order valence-corrected chi connectivity index (χ0v) is 9.35. The largest absolute Gasteiger partial charge is 0.388 e. The smallest absolute Gasteiger partial charge is 0.0810 e. The van der Waals surface area contributed by atoms with Crippen molar-refractivity contribution < 1.29 is 5.11 Å². The molecule has 1 aromatic carbocycles. The van der Waals surface area contributed by atoms with Gasteiger partial charge in [-0.3, -0.25) is 0 Å². The van der Waals surface area contributed by atoms with E-state index in [9.17, 15) is 5.11 Å². The van der Waals surface area contributed by atoms with E-state index in [0.29, 0.717) is 0 Å². The van der Waals surface area contributed by atoms with E-state index in [1.807, 2.05) is 50.3 Å². The summed E-state index contributed by atoms with van der Waals surface area (Å²) in [5.74, 6) is 0.0879. The molecule has 0 aliphatic heterocycles. The van der Waals surface area contributed by atoms with Gasteiger partial charge >= 0.3 is 0 Å². The van der Waals surface area contributed by atoms with Gasteiger partial charge in [0.15, 0.2) is 0 Å². The number of aliphatic hydroxyl groups is 1. The molecule has 0 unspecified atom stereocenters. The third-order valence-electron chi connectivity index (χ3n) is 2.53. The molecule has 0 aromatic heterocycles. The Balaban J connectivity index is 2.80. The summed E-state index contributed by atoms with van der Waals surface area (Å²) in [4.78, 5) is 0. The number of aliphatic hydroxyl groups excluding tert-OH is 1. The predicted molar refractivity (Wildman–Crippen MR) is 65.5 cm³/mol. The third-order valence-corrected chi connectivity index (χ3v) is 2.53. The summed E-state index contributed by atoms with van der Waals surface area (Å²) in [6.45, 7) is 7.58.